The molecule has 0 aliphatic carbocycles. The summed E-state index contributed by atoms with van der Waals surface area (Å²) in [7, 11) is 0. The van der Waals surface area contributed by atoms with Gasteiger partial charge in [-0.3, -0.25) is 4.57 Å². The van der Waals surface area contributed by atoms with Crippen molar-refractivity contribution in [1.29, 1.82) is 0 Å². The van der Waals surface area contributed by atoms with E-state index in [1.807, 2.05) is 12.4 Å². The number of fused-ring (bicyclic) bond motifs is 6. The third kappa shape index (κ3) is 6.08. The smallest absolute Gasteiger partial charge is 0.234 e. The maximum atomic E-state index is 5.05. The Hall–Kier alpha value is -7.56. The number of hydrogen-bond donors (Lipinski definition) is 0. The summed E-state index contributed by atoms with van der Waals surface area (Å²) in [6, 6.07) is 67.8. The lowest BCUT2D eigenvalue weighted by molar-refractivity contribution is 0.591. The fourth-order valence-corrected chi connectivity index (χ4v) is 8.87. The molecule has 0 unspecified atom stereocenters. The molecule has 11 aromatic rings. The fraction of sp³-hybridized carbons (Fsp3) is 0.0714. The molecule has 0 fully saturated rings. The minimum atomic E-state index is -0.00617. The number of para-hydroxylation sites is 2. The van der Waals surface area contributed by atoms with Crippen molar-refractivity contribution >= 4 is 43.6 Å². The van der Waals surface area contributed by atoms with Crippen LogP contribution in [0.25, 0.3) is 99.8 Å². The van der Waals surface area contributed by atoms with E-state index >= 15 is 0 Å². The Balaban J connectivity index is 0.999. The van der Waals surface area contributed by atoms with Crippen molar-refractivity contribution in [2.75, 3.05) is 0 Å². The summed E-state index contributed by atoms with van der Waals surface area (Å²) in [6.45, 7) is 6.82. The molecule has 3 heterocycles. The lowest BCUT2D eigenvalue weighted by atomic mass is 9.86. The molecular weight excluding hydrogens is 729 g/mol. The molecule has 286 valence electrons. The van der Waals surface area contributed by atoms with Gasteiger partial charge in [-0.25, -0.2) is 9.97 Å². The van der Waals surface area contributed by atoms with Crippen LogP contribution in [0.4, 0.5) is 0 Å². The predicted octanol–water partition coefficient (Wildman–Crippen LogP) is 14.6. The number of aromatic nitrogens is 4. The second-order valence-electron chi connectivity index (χ2n) is 16.8. The molecule has 0 amide bonds. The monoisotopic (exact) mass is 770 g/mol. The van der Waals surface area contributed by atoms with Gasteiger partial charge in [0.15, 0.2) is 0 Å². The zero-order valence-corrected chi connectivity index (χ0v) is 33.8. The van der Waals surface area contributed by atoms with Crippen molar-refractivity contribution in [3.05, 3.63) is 206 Å². The van der Waals surface area contributed by atoms with E-state index in [2.05, 4.69) is 218 Å². The largest absolute Gasteiger partial charge is 0.309 e. The molecule has 0 radical (unpaired) electrons. The highest BCUT2D eigenvalue weighted by Gasteiger charge is 2.20. The van der Waals surface area contributed by atoms with E-state index < -0.39 is 0 Å². The second-order valence-corrected chi connectivity index (χ2v) is 16.8. The van der Waals surface area contributed by atoms with Crippen molar-refractivity contribution in [2.45, 2.75) is 26.2 Å². The van der Waals surface area contributed by atoms with Crippen molar-refractivity contribution in [3.8, 4) is 56.1 Å². The van der Waals surface area contributed by atoms with Crippen LogP contribution in [0.3, 0.4) is 0 Å². The molecule has 0 atom stereocenters. The van der Waals surface area contributed by atoms with E-state index in [-0.39, 0.29) is 5.41 Å². The van der Waals surface area contributed by atoms with E-state index in [1.165, 1.54) is 66.0 Å². The third-order valence-electron chi connectivity index (χ3n) is 12.0. The van der Waals surface area contributed by atoms with Crippen molar-refractivity contribution in [1.82, 2.24) is 19.1 Å². The van der Waals surface area contributed by atoms with Gasteiger partial charge >= 0.3 is 0 Å². The molecule has 60 heavy (non-hydrogen) atoms. The second kappa shape index (κ2) is 14.1. The molecular formula is C56H42N4. The van der Waals surface area contributed by atoms with Gasteiger partial charge in [0.25, 0.3) is 0 Å². The summed E-state index contributed by atoms with van der Waals surface area (Å²) < 4.78 is 4.58. The standard InChI is InChI=1S/C56H42N4/c1-56(2,3)45-26-29-54-50(34-45)49-33-43(42-24-27-52-48(32-42)47-22-10-11-23-51(47)59(52)46-20-8-5-9-21-46)25-28-53(49)60(54)55-57-35-44(36-58-55)41-19-13-18-40(31-41)39-17-12-16-38(30-39)37-14-6-4-7-15-37/h4-36H,1-3H3. The van der Waals surface area contributed by atoms with Gasteiger partial charge in [0.2, 0.25) is 5.95 Å². The van der Waals surface area contributed by atoms with Crippen LogP contribution in [-0.2, 0) is 5.41 Å². The van der Waals surface area contributed by atoms with Crippen LogP contribution < -0.4 is 0 Å². The van der Waals surface area contributed by atoms with E-state index in [0.29, 0.717) is 5.95 Å². The summed E-state index contributed by atoms with van der Waals surface area (Å²) in [5.41, 5.74) is 16.2. The van der Waals surface area contributed by atoms with Crippen molar-refractivity contribution in [2.24, 2.45) is 0 Å². The maximum absolute atomic E-state index is 5.05. The molecule has 11 rings (SSSR count). The van der Waals surface area contributed by atoms with Gasteiger partial charge in [-0.2, -0.15) is 0 Å². The topological polar surface area (TPSA) is 35.6 Å². The highest BCUT2D eigenvalue weighted by atomic mass is 15.1. The van der Waals surface area contributed by atoms with E-state index in [9.17, 15) is 0 Å². The Morgan fingerprint density at radius 1 is 0.333 bits per heavy atom. The fourth-order valence-electron chi connectivity index (χ4n) is 8.87. The molecule has 0 N–H and O–H groups in total. The maximum Gasteiger partial charge on any atom is 0.234 e. The Kier molecular flexibility index (Phi) is 8.35. The summed E-state index contributed by atoms with van der Waals surface area (Å²) in [6.07, 6.45) is 3.91. The van der Waals surface area contributed by atoms with Crippen LogP contribution >= 0.6 is 0 Å². The van der Waals surface area contributed by atoms with Gasteiger partial charge in [0.05, 0.1) is 22.1 Å². The van der Waals surface area contributed by atoms with Crippen LogP contribution in [0, 0.1) is 0 Å². The van der Waals surface area contributed by atoms with Gasteiger partial charge in [-0.15, -0.1) is 0 Å². The molecule has 0 bridgehead atoms. The number of hydrogen-bond acceptors (Lipinski definition) is 2. The molecule has 0 aliphatic heterocycles. The highest BCUT2D eigenvalue weighted by Crippen LogP contribution is 2.39. The third-order valence-corrected chi connectivity index (χ3v) is 12.0. The predicted molar refractivity (Wildman–Crippen MR) is 251 cm³/mol. The van der Waals surface area contributed by atoms with Gasteiger partial charge in [-0.05, 0) is 117 Å². The molecule has 3 aromatic heterocycles. The Bertz CT molecular complexity index is 3390. The van der Waals surface area contributed by atoms with Crippen LogP contribution in [-0.4, -0.2) is 19.1 Å². The zero-order chi connectivity index (χ0) is 40.4. The van der Waals surface area contributed by atoms with Crippen LogP contribution in [0.15, 0.2) is 200 Å². The number of nitrogens with zero attached hydrogens (tertiary/aromatic N) is 4. The van der Waals surface area contributed by atoms with Gasteiger partial charge in [-0.1, -0.05) is 142 Å². The van der Waals surface area contributed by atoms with Crippen molar-refractivity contribution in [3.63, 3.8) is 0 Å². The highest BCUT2D eigenvalue weighted by molar-refractivity contribution is 6.12. The molecule has 4 heteroatoms. The first-order valence-electron chi connectivity index (χ1n) is 20.6. The van der Waals surface area contributed by atoms with Gasteiger partial charge < -0.3 is 4.57 Å². The molecule has 4 nitrogen and oxygen atoms in total. The summed E-state index contributed by atoms with van der Waals surface area (Å²) in [4.78, 5) is 10.1. The zero-order valence-electron chi connectivity index (χ0n) is 33.8. The minimum absolute atomic E-state index is 0.00617. The molecule has 8 aromatic carbocycles. The first-order valence-corrected chi connectivity index (χ1v) is 20.6. The van der Waals surface area contributed by atoms with E-state index in [1.54, 1.807) is 0 Å². The molecule has 0 spiro atoms. The Morgan fingerprint density at radius 2 is 0.783 bits per heavy atom. The molecule has 0 saturated heterocycles. The first-order chi connectivity index (χ1) is 29.4. The van der Waals surface area contributed by atoms with Crippen LogP contribution in [0.5, 0.6) is 0 Å². The SMILES string of the molecule is CC(C)(C)c1ccc2c(c1)c1cc(-c3ccc4c(c3)c3ccccc3n4-c3ccccc3)ccc1n2-c1ncc(-c2cccc(-c3cccc(-c4ccccc4)c3)c2)cn1. The number of rotatable bonds is 6. The Labute approximate surface area is 349 Å². The summed E-state index contributed by atoms with van der Waals surface area (Å²) in [5.74, 6) is 0.650. The lowest BCUT2D eigenvalue weighted by Gasteiger charge is -2.19. The quantitative estimate of drug-likeness (QED) is 0.169. The Morgan fingerprint density at radius 3 is 1.42 bits per heavy atom. The lowest BCUT2D eigenvalue weighted by Crippen LogP contribution is -2.10. The average molecular weight is 771 g/mol. The normalized spacial score (nSPS) is 11.9. The van der Waals surface area contributed by atoms with E-state index in [4.69, 9.17) is 9.97 Å². The van der Waals surface area contributed by atoms with Crippen LogP contribution in [0.2, 0.25) is 0 Å². The molecule has 0 aliphatic rings. The van der Waals surface area contributed by atoms with Crippen LogP contribution in [0.1, 0.15) is 26.3 Å². The minimum Gasteiger partial charge on any atom is -0.309 e. The van der Waals surface area contributed by atoms with E-state index in [0.717, 1.165) is 33.4 Å². The van der Waals surface area contributed by atoms with Gasteiger partial charge in [0.1, 0.15) is 0 Å². The molecule has 0 saturated carbocycles. The summed E-state index contributed by atoms with van der Waals surface area (Å²) in [5, 5.41) is 4.86. The average Bonchev–Trinajstić information content (AvgIpc) is 3.81. The number of benzene rings is 8. The summed E-state index contributed by atoms with van der Waals surface area (Å²) >= 11 is 0. The van der Waals surface area contributed by atoms with Gasteiger partial charge in [0, 0.05) is 45.2 Å². The van der Waals surface area contributed by atoms with Crippen molar-refractivity contribution < 1.29 is 0 Å². The first kappa shape index (κ1) is 35.6.